The summed E-state index contributed by atoms with van der Waals surface area (Å²) in [6.45, 7) is 14.6. The monoisotopic (exact) mass is 408 g/mol. The second-order valence-corrected chi connectivity index (χ2v) is 10.7. The number of primary amides is 1. The van der Waals surface area contributed by atoms with Gasteiger partial charge in [-0.05, 0) is 63.4 Å². The standard InChI is InChI=1S/C21H36N4O2S/c1-8-9-10-14-13-25(19(2,3)4)28-16(14)24-17(26)21(7)12-11-15(20(21,5)6)23-18(22)27/h13,15H,8-12H2,1-7H3,(H3,22,23,27)/t15-,21-/m1/s1. The average Bonchev–Trinajstić information content (AvgIpc) is 3.07. The summed E-state index contributed by atoms with van der Waals surface area (Å²) < 4.78 is 3.00. The summed E-state index contributed by atoms with van der Waals surface area (Å²) in [4.78, 5) is 29.3. The predicted octanol–water partition coefficient (Wildman–Crippen LogP) is 3.94. The second-order valence-electron chi connectivity index (χ2n) is 9.72. The van der Waals surface area contributed by atoms with Gasteiger partial charge in [0.15, 0.2) is 0 Å². The minimum atomic E-state index is -0.640. The van der Waals surface area contributed by atoms with Crippen molar-refractivity contribution in [3.8, 4) is 0 Å². The molecule has 1 aliphatic carbocycles. The van der Waals surface area contributed by atoms with Crippen molar-refractivity contribution >= 4 is 23.5 Å². The van der Waals surface area contributed by atoms with Crippen molar-refractivity contribution in [1.82, 2.24) is 9.27 Å². The zero-order valence-corrected chi connectivity index (χ0v) is 19.2. The van der Waals surface area contributed by atoms with E-state index in [4.69, 9.17) is 5.73 Å². The van der Waals surface area contributed by atoms with Crippen LogP contribution in [-0.4, -0.2) is 21.9 Å². The molecule has 1 aromatic rings. The normalized spacial score (nSPS) is 25.1. The molecule has 0 aromatic carbocycles. The number of nitrogens with zero attached hydrogens (tertiary/aromatic N) is 2. The van der Waals surface area contributed by atoms with Crippen molar-refractivity contribution in [2.24, 2.45) is 21.6 Å². The molecule has 6 nitrogen and oxygen atoms in total. The Balaban J connectivity index is 2.42. The molecule has 1 aliphatic rings. The van der Waals surface area contributed by atoms with E-state index >= 15 is 0 Å². The van der Waals surface area contributed by atoms with E-state index in [0.717, 1.165) is 35.9 Å². The summed E-state index contributed by atoms with van der Waals surface area (Å²) in [5, 5.41) is 2.81. The molecule has 0 saturated heterocycles. The molecule has 0 bridgehead atoms. The quantitative estimate of drug-likeness (QED) is 0.773. The van der Waals surface area contributed by atoms with Gasteiger partial charge in [-0.1, -0.05) is 34.1 Å². The highest BCUT2D eigenvalue weighted by Gasteiger charge is 2.56. The van der Waals surface area contributed by atoms with E-state index in [9.17, 15) is 9.59 Å². The summed E-state index contributed by atoms with van der Waals surface area (Å²) in [5.41, 5.74) is 5.36. The van der Waals surface area contributed by atoms with Crippen LogP contribution in [0.1, 0.15) is 79.7 Å². The number of aryl methyl sites for hydroxylation is 1. The van der Waals surface area contributed by atoms with E-state index in [2.05, 4.69) is 48.2 Å². The molecular formula is C21H36N4O2S. The van der Waals surface area contributed by atoms with Gasteiger partial charge in [0.2, 0.25) is 0 Å². The zero-order chi connectivity index (χ0) is 21.3. The second kappa shape index (κ2) is 8.01. The highest BCUT2D eigenvalue weighted by molar-refractivity contribution is 7.04. The minimum absolute atomic E-state index is 0.0461. The Bertz CT molecular complexity index is 800. The van der Waals surface area contributed by atoms with Crippen LogP contribution in [0.3, 0.4) is 0 Å². The van der Waals surface area contributed by atoms with Crippen LogP contribution in [-0.2, 0) is 16.8 Å². The van der Waals surface area contributed by atoms with Crippen LogP contribution >= 0.6 is 11.5 Å². The summed E-state index contributed by atoms with van der Waals surface area (Å²) in [6.07, 6.45) is 6.65. The summed E-state index contributed by atoms with van der Waals surface area (Å²) >= 11 is 1.55. The third-order valence-electron chi connectivity index (χ3n) is 6.41. The number of rotatable bonds is 5. The molecular weight excluding hydrogens is 372 g/mol. The van der Waals surface area contributed by atoms with Gasteiger partial charge in [0.05, 0.1) is 5.41 Å². The Labute approximate surface area is 172 Å². The van der Waals surface area contributed by atoms with Crippen LogP contribution in [0.4, 0.5) is 4.79 Å². The first-order chi connectivity index (χ1) is 12.8. The van der Waals surface area contributed by atoms with Gasteiger partial charge in [-0.3, -0.25) is 8.75 Å². The largest absolute Gasteiger partial charge is 0.352 e. The lowest BCUT2D eigenvalue weighted by atomic mass is 9.67. The molecule has 7 heteroatoms. The first-order valence-corrected chi connectivity index (χ1v) is 11.0. The van der Waals surface area contributed by atoms with Crippen molar-refractivity contribution in [2.75, 3.05) is 0 Å². The molecule has 3 amide bonds. The lowest BCUT2D eigenvalue weighted by Gasteiger charge is -2.39. The molecule has 1 saturated carbocycles. The van der Waals surface area contributed by atoms with E-state index in [1.165, 1.54) is 0 Å². The van der Waals surface area contributed by atoms with Gasteiger partial charge in [0.1, 0.15) is 4.67 Å². The van der Waals surface area contributed by atoms with Gasteiger partial charge in [-0.2, -0.15) is 0 Å². The number of aromatic nitrogens is 1. The van der Waals surface area contributed by atoms with Gasteiger partial charge >= 0.3 is 6.03 Å². The molecule has 0 radical (unpaired) electrons. The van der Waals surface area contributed by atoms with Crippen LogP contribution in [0.25, 0.3) is 0 Å². The fourth-order valence-corrected chi connectivity index (χ4v) is 4.90. The molecule has 3 N–H and O–H groups in total. The Kier molecular flexibility index (Phi) is 6.48. The van der Waals surface area contributed by atoms with Crippen molar-refractivity contribution in [2.45, 2.75) is 92.2 Å². The first-order valence-electron chi connectivity index (χ1n) is 10.2. The van der Waals surface area contributed by atoms with Crippen molar-refractivity contribution in [1.29, 1.82) is 0 Å². The molecule has 28 heavy (non-hydrogen) atoms. The van der Waals surface area contributed by atoms with Gasteiger partial charge in [0.25, 0.3) is 5.91 Å². The van der Waals surface area contributed by atoms with E-state index in [-0.39, 0.29) is 17.5 Å². The highest BCUT2D eigenvalue weighted by atomic mass is 32.1. The SMILES string of the molecule is CCCCc1cn(C(C)(C)C)sc1=NC(=O)[C@@]1(C)CC[C@@H](NC(N)=O)C1(C)C. The zero-order valence-electron chi connectivity index (χ0n) is 18.4. The smallest absolute Gasteiger partial charge is 0.312 e. The maximum atomic E-state index is 13.4. The van der Waals surface area contributed by atoms with Gasteiger partial charge in [-0.15, -0.1) is 0 Å². The molecule has 2 rings (SSSR count). The summed E-state index contributed by atoms with van der Waals surface area (Å²) in [5.74, 6) is -0.105. The Morgan fingerprint density at radius 1 is 1.36 bits per heavy atom. The summed E-state index contributed by atoms with van der Waals surface area (Å²) in [6, 6.07) is -0.672. The highest BCUT2D eigenvalue weighted by Crippen LogP contribution is 2.53. The molecule has 158 valence electrons. The number of hydrogen-bond acceptors (Lipinski definition) is 3. The van der Waals surface area contributed by atoms with Crippen LogP contribution in [0, 0.1) is 10.8 Å². The van der Waals surface area contributed by atoms with E-state index in [1.54, 1.807) is 11.5 Å². The Hall–Kier alpha value is -1.63. The number of urea groups is 1. The number of hydrogen-bond donors (Lipinski definition) is 2. The van der Waals surface area contributed by atoms with E-state index in [1.807, 2.05) is 20.8 Å². The molecule has 1 aromatic heterocycles. The predicted molar refractivity (Wildman–Crippen MR) is 114 cm³/mol. The number of nitrogens with one attached hydrogen (secondary N) is 1. The summed E-state index contributed by atoms with van der Waals surface area (Å²) in [7, 11) is 0. The molecule has 1 fully saturated rings. The molecule has 2 atom stereocenters. The van der Waals surface area contributed by atoms with Crippen LogP contribution in [0.2, 0.25) is 0 Å². The Morgan fingerprint density at radius 2 is 2.00 bits per heavy atom. The van der Waals surface area contributed by atoms with E-state index < -0.39 is 16.9 Å². The molecule has 0 spiro atoms. The van der Waals surface area contributed by atoms with Crippen LogP contribution in [0.15, 0.2) is 11.2 Å². The molecule has 0 aliphatic heterocycles. The van der Waals surface area contributed by atoms with Crippen LogP contribution < -0.4 is 15.7 Å². The van der Waals surface area contributed by atoms with Gasteiger partial charge < -0.3 is 11.1 Å². The maximum Gasteiger partial charge on any atom is 0.312 e. The first kappa shape index (κ1) is 22.7. The number of carbonyl (C=O) groups excluding carboxylic acids is 2. The van der Waals surface area contributed by atoms with Gasteiger partial charge in [0, 0.05) is 23.3 Å². The lowest BCUT2D eigenvalue weighted by molar-refractivity contribution is -0.131. The number of unbranched alkanes of at least 4 members (excludes halogenated alkanes) is 1. The lowest BCUT2D eigenvalue weighted by Crippen LogP contribution is -2.50. The minimum Gasteiger partial charge on any atom is -0.352 e. The van der Waals surface area contributed by atoms with Crippen molar-refractivity contribution in [3.05, 3.63) is 16.4 Å². The van der Waals surface area contributed by atoms with Crippen molar-refractivity contribution in [3.63, 3.8) is 0 Å². The van der Waals surface area contributed by atoms with E-state index in [0.29, 0.717) is 6.42 Å². The van der Waals surface area contributed by atoms with Crippen LogP contribution in [0.5, 0.6) is 0 Å². The third kappa shape index (κ3) is 4.34. The third-order valence-corrected chi connectivity index (χ3v) is 7.79. The Morgan fingerprint density at radius 3 is 2.54 bits per heavy atom. The number of carbonyl (C=O) groups is 2. The molecule has 1 heterocycles. The fraction of sp³-hybridized carbons (Fsp3) is 0.762. The molecule has 0 unspecified atom stereocenters. The maximum absolute atomic E-state index is 13.4. The fourth-order valence-electron chi connectivity index (χ4n) is 3.86. The number of nitrogens with two attached hydrogens (primary N) is 1. The topological polar surface area (TPSA) is 89.5 Å². The van der Waals surface area contributed by atoms with Crippen molar-refractivity contribution < 1.29 is 9.59 Å². The average molecular weight is 409 g/mol. The number of amides is 3. The van der Waals surface area contributed by atoms with Gasteiger partial charge in [-0.25, -0.2) is 9.79 Å².